The Bertz CT molecular complexity index is 1250. The lowest BCUT2D eigenvalue weighted by Gasteiger charge is -2.11. The number of thiazole rings is 1. The first-order chi connectivity index (χ1) is 16.0. The summed E-state index contributed by atoms with van der Waals surface area (Å²) < 4.78 is 10.0. The van der Waals surface area contributed by atoms with Gasteiger partial charge in [-0.2, -0.15) is 5.10 Å². The number of ether oxygens (including phenoxy) is 1. The number of para-hydroxylation sites is 1. The molecule has 0 aliphatic rings. The summed E-state index contributed by atoms with van der Waals surface area (Å²) in [5.74, 6) is 0.945. The molecular weight excluding hydrogens is 680 g/mol. The number of hydrogen-bond donors (Lipinski definition) is 1. The summed E-state index contributed by atoms with van der Waals surface area (Å²) in [5, 5.41) is 4.11. The molecule has 4 rings (SSSR count). The van der Waals surface area contributed by atoms with Gasteiger partial charge in [-0.25, -0.2) is 10.4 Å². The lowest BCUT2D eigenvalue weighted by atomic mass is 10.2. The Labute approximate surface area is 227 Å². The fourth-order valence-electron chi connectivity index (χ4n) is 2.88. The van der Waals surface area contributed by atoms with Crippen LogP contribution in [0.5, 0.6) is 5.75 Å². The third-order valence-electron chi connectivity index (χ3n) is 4.53. The van der Waals surface area contributed by atoms with Crippen LogP contribution in [0.25, 0.3) is 10.2 Å². The first kappa shape index (κ1) is 24.4. The number of nitrogens with zero attached hydrogens (tertiary/aromatic N) is 2. The van der Waals surface area contributed by atoms with Crippen LogP contribution in [0.3, 0.4) is 0 Å². The van der Waals surface area contributed by atoms with Crippen molar-refractivity contribution < 1.29 is 9.53 Å². The molecule has 0 aliphatic heterocycles. The Morgan fingerprint density at radius 1 is 1.15 bits per heavy atom. The van der Waals surface area contributed by atoms with Gasteiger partial charge in [0.25, 0.3) is 5.91 Å². The van der Waals surface area contributed by atoms with Crippen molar-refractivity contribution in [3.63, 3.8) is 0 Å². The van der Waals surface area contributed by atoms with Crippen LogP contribution in [-0.2, 0) is 11.4 Å². The molecule has 0 radical (unpaired) electrons. The van der Waals surface area contributed by atoms with E-state index in [1.54, 1.807) is 17.6 Å². The van der Waals surface area contributed by atoms with Gasteiger partial charge < -0.3 is 4.74 Å². The van der Waals surface area contributed by atoms with Gasteiger partial charge in [-0.1, -0.05) is 53.7 Å². The standard InChI is InChI=1S/C24H19I2N3O2S2/c1-15-6-8-16(9-7-15)13-31-23-18(25)10-17(11-19(23)26)12-27-29-22(30)14-32-24-28-20-4-2-3-5-21(20)33-24/h2-12H,13-14H2,1H3,(H,29,30)/b27-12-. The van der Waals surface area contributed by atoms with E-state index in [0.717, 1.165) is 38.6 Å². The molecule has 0 unspecified atom stereocenters. The van der Waals surface area contributed by atoms with Crippen molar-refractivity contribution in [3.05, 3.63) is 84.5 Å². The van der Waals surface area contributed by atoms with Crippen LogP contribution < -0.4 is 10.2 Å². The van der Waals surface area contributed by atoms with E-state index in [1.165, 1.54) is 17.3 Å². The number of carbonyl (C=O) groups excluding carboxylic acids is 1. The molecular formula is C24H19I2N3O2S2. The lowest BCUT2D eigenvalue weighted by molar-refractivity contribution is -0.118. The maximum atomic E-state index is 12.2. The second-order valence-corrected chi connectivity index (χ2v) is 11.7. The molecule has 0 spiro atoms. The van der Waals surface area contributed by atoms with Crippen molar-refractivity contribution in [1.82, 2.24) is 10.4 Å². The minimum Gasteiger partial charge on any atom is -0.487 e. The highest BCUT2D eigenvalue weighted by Gasteiger charge is 2.10. The number of benzene rings is 3. The first-order valence-electron chi connectivity index (χ1n) is 9.95. The molecule has 9 heteroatoms. The molecule has 168 valence electrons. The summed E-state index contributed by atoms with van der Waals surface area (Å²) in [4.78, 5) is 16.7. The van der Waals surface area contributed by atoms with Crippen molar-refractivity contribution in [2.45, 2.75) is 17.9 Å². The maximum Gasteiger partial charge on any atom is 0.250 e. The van der Waals surface area contributed by atoms with Gasteiger partial charge in [0.2, 0.25) is 0 Å². The number of hydrogen-bond acceptors (Lipinski definition) is 6. The SMILES string of the molecule is Cc1ccc(COc2c(I)cc(/C=N\NC(=O)CSc3nc4ccccc4s3)cc2I)cc1. The van der Waals surface area contributed by atoms with Crippen LogP contribution in [-0.4, -0.2) is 22.9 Å². The molecule has 1 amide bonds. The highest BCUT2D eigenvalue weighted by atomic mass is 127. The number of thioether (sulfide) groups is 1. The van der Waals surface area contributed by atoms with Crippen LogP contribution in [0.1, 0.15) is 16.7 Å². The number of fused-ring (bicyclic) bond motifs is 1. The number of halogens is 2. The van der Waals surface area contributed by atoms with Crippen molar-refractivity contribution in [2.24, 2.45) is 5.10 Å². The van der Waals surface area contributed by atoms with Gasteiger partial charge in [-0.05, 0) is 87.5 Å². The topological polar surface area (TPSA) is 63.6 Å². The molecule has 1 heterocycles. The molecule has 0 aliphatic carbocycles. The lowest BCUT2D eigenvalue weighted by Crippen LogP contribution is -2.19. The average molecular weight is 699 g/mol. The van der Waals surface area contributed by atoms with Crippen molar-refractivity contribution >= 4 is 90.6 Å². The third-order valence-corrected chi connectivity index (χ3v) is 8.31. The monoisotopic (exact) mass is 699 g/mol. The fourth-order valence-corrected chi connectivity index (χ4v) is 6.87. The highest BCUT2D eigenvalue weighted by molar-refractivity contribution is 14.1. The minimum absolute atomic E-state index is 0.169. The molecule has 4 aromatic rings. The number of hydrazone groups is 1. The largest absolute Gasteiger partial charge is 0.487 e. The summed E-state index contributed by atoms with van der Waals surface area (Å²) in [6, 6.07) is 20.2. The van der Waals surface area contributed by atoms with E-state index in [1.807, 2.05) is 36.4 Å². The van der Waals surface area contributed by atoms with Crippen LogP contribution >= 0.6 is 68.3 Å². The summed E-state index contributed by atoms with van der Waals surface area (Å²) in [5.41, 5.74) is 6.80. The van der Waals surface area contributed by atoms with E-state index in [4.69, 9.17) is 4.74 Å². The summed E-state index contributed by atoms with van der Waals surface area (Å²) in [6.07, 6.45) is 1.65. The van der Waals surface area contributed by atoms with Gasteiger partial charge >= 0.3 is 0 Å². The van der Waals surface area contributed by atoms with E-state index < -0.39 is 0 Å². The quantitative estimate of drug-likeness (QED) is 0.0971. The third kappa shape index (κ3) is 6.90. The van der Waals surface area contributed by atoms with E-state index >= 15 is 0 Å². The molecule has 0 bridgehead atoms. The van der Waals surface area contributed by atoms with Gasteiger partial charge in [-0.3, -0.25) is 4.79 Å². The highest BCUT2D eigenvalue weighted by Crippen LogP contribution is 2.30. The molecule has 0 saturated heterocycles. The number of aromatic nitrogens is 1. The van der Waals surface area contributed by atoms with Crippen LogP contribution in [0, 0.1) is 14.1 Å². The number of amides is 1. The van der Waals surface area contributed by atoms with E-state index in [9.17, 15) is 4.79 Å². The summed E-state index contributed by atoms with van der Waals surface area (Å²) >= 11 is 7.53. The predicted molar refractivity (Wildman–Crippen MR) is 153 cm³/mol. The number of aryl methyl sites for hydroxylation is 1. The Hall–Kier alpha value is -1.70. The van der Waals surface area contributed by atoms with Crippen LogP contribution in [0.15, 0.2) is 70.1 Å². The second-order valence-electron chi connectivity index (χ2n) is 7.12. The molecule has 1 aromatic heterocycles. The molecule has 5 nitrogen and oxygen atoms in total. The zero-order valence-electron chi connectivity index (χ0n) is 17.5. The number of carbonyl (C=O) groups is 1. The molecule has 0 atom stereocenters. The zero-order chi connectivity index (χ0) is 23.2. The molecule has 0 saturated carbocycles. The molecule has 3 aromatic carbocycles. The van der Waals surface area contributed by atoms with Crippen LogP contribution in [0.4, 0.5) is 0 Å². The van der Waals surface area contributed by atoms with E-state index in [0.29, 0.717) is 6.61 Å². The Balaban J connectivity index is 1.30. The Morgan fingerprint density at radius 3 is 2.61 bits per heavy atom. The van der Waals surface area contributed by atoms with Gasteiger partial charge in [-0.15, -0.1) is 11.3 Å². The minimum atomic E-state index is -0.169. The van der Waals surface area contributed by atoms with Gasteiger partial charge in [0, 0.05) is 0 Å². The van der Waals surface area contributed by atoms with Crippen molar-refractivity contribution in [2.75, 3.05) is 5.75 Å². The van der Waals surface area contributed by atoms with Gasteiger partial charge in [0.1, 0.15) is 12.4 Å². The molecule has 0 fully saturated rings. The zero-order valence-corrected chi connectivity index (χ0v) is 23.5. The van der Waals surface area contributed by atoms with Gasteiger partial charge in [0.05, 0.1) is 29.3 Å². The molecule has 33 heavy (non-hydrogen) atoms. The van der Waals surface area contributed by atoms with E-state index in [2.05, 4.69) is 91.9 Å². The average Bonchev–Trinajstić information content (AvgIpc) is 3.21. The van der Waals surface area contributed by atoms with Crippen molar-refractivity contribution in [1.29, 1.82) is 0 Å². The van der Waals surface area contributed by atoms with Crippen LogP contribution in [0.2, 0.25) is 0 Å². The number of nitrogens with one attached hydrogen (secondary N) is 1. The summed E-state index contributed by atoms with van der Waals surface area (Å²) in [6.45, 7) is 2.59. The Morgan fingerprint density at radius 2 is 1.88 bits per heavy atom. The Kier molecular flexibility index (Phi) is 8.61. The summed E-state index contributed by atoms with van der Waals surface area (Å²) in [7, 11) is 0. The normalized spacial score (nSPS) is 11.2. The van der Waals surface area contributed by atoms with Gasteiger partial charge in [0.15, 0.2) is 4.34 Å². The molecule has 1 N–H and O–H groups in total. The predicted octanol–water partition coefficient (Wildman–Crippen LogP) is 6.64. The second kappa shape index (κ2) is 11.6. The van der Waals surface area contributed by atoms with E-state index in [-0.39, 0.29) is 11.7 Å². The van der Waals surface area contributed by atoms with Crippen molar-refractivity contribution in [3.8, 4) is 5.75 Å². The number of rotatable bonds is 8. The maximum absolute atomic E-state index is 12.2. The smallest absolute Gasteiger partial charge is 0.250 e. The first-order valence-corrected chi connectivity index (χ1v) is 13.9. The fraction of sp³-hybridized carbons (Fsp3) is 0.125.